The van der Waals surface area contributed by atoms with Gasteiger partial charge in [-0.3, -0.25) is 9.59 Å². The van der Waals surface area contributed by atoms with Crippen LogP contribution in [-0.4, -0.2) is 16.9 Å². The molecule has 1 saturated carbocycles. The Kier molecular flexibility index (Phi) is 4.35. The number of nitrogens with one attached hydrogen (secondary N) is 2. The van der Waals surface area contributed by atoms with Gasteiger partial charge >= 0.3 is 0 Å². The van der Waals surface area contributed by atoms with Gasteiger partial charge in [0.1, 0.15) is 6.04 Å². The first-order valence-electron chi connectivity index (χ1n) is 6.60. The van der Waals surface area contributed by atoms with Crippen molar-refractivity contribution in [3.8, 4) is 6.07 Å². The molecule has 1 unspecified atom stereocenters. The van der Waals surface area contributed by atoms with E-state index >= 15 is 0 Å². The normalized spacial score (nSPS) is 17.4. The number of carbonyl (C=O) groups excluding carboxylic acids is 1. The summed E-state index contributed by atoms with van der Waals surface area (Å²) < 4.78 is 0. The van der Waals surface area contributed by atoms with Crippen molar-refractivity contribution < 1.29 is 4.79 Å². The zero-order chi connectivity index (χ0) is 13.7. The Morgan fingerprint density at radius 2 is 2.11 bits per heavy atom. The Labute approximate surface area is 111 Å². The SMILES string of the molecule is N#CC(NC(=O)c1ccc(=O)[nH]c1)C1CCCCC1. The zero-order valence-corrected chi connectivity index (χ0v) is 10.7. The van der Waals surface area contributed by atoms with E-state index in [4.69, 9.17) is 0 Å². The van der Waals surface area contributed by atoms with Gasteiger partial charge in [-0.2, -0.15) is 5.26 Å². The fraction of sp³-hybridized carbons (Fsp3) is 0.500. The Bertz CT molecular complexity index is 518. The van der Waals surface area contributed by atoms with Crippen molar-refractivity contribution in [1.29, 1.82) is 5.26 Å². The molecule has 0 aliphatic heterocycles. The van der Waals surface area contributed by atoms with Crippen molar-refractivity contribution in [3.63, 3.8) is 0 Å². The van der Waals surface area contributed by atoms with Gasteiger partial charge in [0.05, 0.1) is 11.6 Å². The van der Waals surface area contributed by atoms with Gasteiger partial charge in [-0.15, -0.1) is 0 Å². The van der Waals surface area contributed by atoms with E-state index in [1.165, 1.54) is 24.8 Å². The number of pyridine rings is 1. The number of H-pyrrole nitrogens is 1. The maximum Gasteiger partial charge on any atom is 0.253 e. The van der Waals surface area contributed by atoms with E-state index in [0.717, 1.165) is 25.7 Å². The van der Waals surface area contributed by atoms with Crippen molar-refractivity contribution in [2.24, 2.45) is 5.92 Å². The van der Waals surface area contributed by atoms with E-state index in [1.807, 2.05) is 0 Å². The molecule has 0 aromatic carbocycles. The molecule has 2 rings (SSSR count). The molecule has 100 valence electrons. The first kappa shape index (κ1) is 13.3. The monoisotopic (exact) mass is 259 g/mol. The van der Waals surface area contributed by atoms with Crippen LogP contribution in [0.15, 0.2) is 23.1 Å². The fourth-order valence-corrected chi connectivity index (χ4v) is 2.50. The average Bonchev–Trinajstić information content (AvgIpc) is 2.46. The largest absolute Gasteiger partial charge is 0.336 e. The van der Waals surface area contributed by atoms with E-state index in [-0.39, 0.29) is 17.4 Å². The number of hydrogen-bond acceptors (Lipinski definition) is 3. The van der Waals surface area contributed by atoms with Crippen LogP contribution in [0, 0.1) is 17.2 Å². The quantitative estimate of drug-likeness (QED) is 0.864. The summed E-state index contributed by atoms with van der Waals surface area (Å²) in [6.07, 6.45) is 6.80. The number of amides is 1. The molecule has 1 amide bonds. The van der Waals surface area contributed by atoms with Crippen LogP contribution < -0.4 is 10.9 Å². The molecule has 2 N–H and O–H groups in total. The van der Waals surface area contributed by atoms with Gasteiger partial charge in [0.15, 0.2) is 0 Å². The second-order valence-electron chi connectivity index (χ2n) is 4.92. The van der Waals surface area contributed by atoms with Gasteiger partial charge in [-0.05, 0) is 24.8 Å². The predicted molar refractivity (Wildman–Crippen MR) is 70.5 cm³/mol. The highest BCUT2D eigenvalue weighted by Crippen LogP contribution is 2.26. The second-order valence-corrected chi connectivity index (χ2v) is 4.92. The Morgan fingerprint density at radius 1 is 1.37 bits per heavy atom. The van der Waals surface area contributed by atoms with E-state index in [2.05, 4.69) is 16.4 Å². The minimum Gasteiger partial charge on any atom is -0.336 e. The number of nitriles is 1. The minimum absolute atomic E-state index is 0.241. The molecule has 1 fully saturated rings. The topological polar surface area (TPSA) is 85.8 Å². The highest BCUT2D eigenvalue weighted by atomic mass is 16.2. The summed E-state index contributed by atoms with van der Waals surface area (Å²) >= 11 is 0. The predicted octanol–water partition coefficient (Wildman–Crippen LogP) is 1.58. The van der Waals surface area contributed by atoms with Crippen molar-refractivity contribution in [2.45, 2.75) is 38.1 Å². The summed E-state index contributed by atoms with van der Waals surface area (Å²) in [5, 5.41) is 11.9. The van der Waals surface area contributed by atoms with Crippen molar-refractivity contribution in [2.75, 3.05) is 0 Å². The van der Waals surface area contributed by atoms with Crippen LogP contribution in [0.25, 0.3) is 0 Å². The molecular formula is C14H17N3O2. The first-order chi connectivity index (χ1) is 9.20. The standard InChI is InChI=1S/C14H17N3O2/c15-8-12(10-4-2-1-3-5-10)17-14(19)11-6-7-13(18)16-9-11/h6-7,9-10,12H,1-5H2,(H,16,18)(H,17,19). The first-order valence-corrected chi connectivity index (χ1v) is 6.60. The van der Waals surface area contributed by atoms with Crippen molar-refractivity contribution in [3.05, 3.63) is 34.2 Å². The number of nitrogens with zero attached hydrogens (tertiary/aromatic N) is 1. The van der Waals surface area contributed by atoms with E-state index in [9.17, 15) is 14.9 Å². The molecule has 1 atom stereocenters. The summed E-state index contributed by atoms with van der Waals surface area (Å²) in [6.45, 7) is 0. The number of rotatable bonds is 3. The molecule has 1 aliphatic rings. The van der Waals surface area contributed by atoms with Gasteiger partial charge in [0.2, 0.25) is 5.56 Å². The van der Waals surface area contributed by atoms with Crippen LogP contribution >= 0.6 is 0 Å². The van der Waals surface area contributed by atoms with Crippen molar-refractivity contribution in [1.82, 2.24) is 10.3 Å². The number of aromatic nitrogens is 1. The summed E-state index contributed by atoms with van der Waals surface area (Å²) in [4.78, 5) is 25.4. The number of hydrogen-bond donors (Lipinski definition) is 2. The lowest BCUT2D eigenvalue weighted by atomic mass is 9.84. The third kappa shape index (κ3) is 3.44. The van der Waals surface area contributed by atoms with E-state index in [1.54, 1.807) is 0 Å². The average molecular weight is 259 g/mol. The molecule has 1 aliphatic carbocycles. The third-order valence-electron chi connectivity index (χ3n) is 3.59. The van der Waals surface area contributed by atoms with Gasteiger partial charge in [-0.25, -0.2) is 0 Å². The molecule has 5 nitrogen and oxygen atoms in total. The minimum atomic E-state index is -0.445. The summed E-state index contributed by atoms with van der Waals surface area (Å²) in [5.74, 6) is -0.0705. The van der Waals surface area contributed by atoms with Gasteiger partial charge in [0.25, 0.3) is 5.91 Å². The Balaban J connectivity index is 2.01. The molecule has 19 heavy (non-hydrogen) atoms. The lowest BCUT2D eigenvalue weighted by Crippen LogP contribution is -2.40. The molecule has 5 heteroatoms. The number of aromatic amines is 1. The molecular weight excluding hydrogens is 242 g/mol. The smallest absolute Gasteiger partial charge is 0.253 e. The molecule has 0 saturated heterocycles. The van der Waals surface area contributed by atoms with Crippen LogP contribution in [0.3, 0.4) is 0 Å². The van der Waals surface area contributed by atoms with Gasteiger partial charge in [-0.1, -0.05) is 19.3 Å². The van der Waals surface area contributed by atoms with Crippen LogP contribution in [0.2, 0.25) is 0 Å². The maximum absolute atomic E-state index is 12.0. The van der Waals surface area contributed by atoms with E-state index < -0.39 is 6.04 Å². The Morgan fingerprint density at radius 3 is 2.68 bits per heavy atom. The van der Waals surface area contributed by atoms with Crippen LogP contribution in [0.1, 0.15) is 42.5 Å². The summed E-state index contributed by atoms with van der Waals surface area (Å²) in [6, 6.07) is 4.50. The summed E-state index contributed by atoms with van der Waals surface area (Å²) in [7, 11) is 0. The maximum atomic E-state index is 12.0. The third-order valence-corrected chi connectivity index (χ3v) is 3.59. The van der Waals surface area contributed by atoms with Gasteiger partial charge < -0.3 is 10.3 Å². The molecule has 1 aromatic rings. The lowest BCUT2D eigenvalue weighted by Gasteiger charge is -2.26. The number of carbonyl (C=O) groups is 1. The molecule has 1 heterocycles. The van der Waals surface area contributed by atoms with Gasteiger partial charge in [0, 0.05) is 12.3 Å². The van der Waals surface area contributed by atoms with Crippen molar-refractivity contribution >= 4 is 5.91 Å². The molecule has 0 spiro atoms. The summed E-state index contributed by atoms with van der Waals surface area (Å²) in [5.41, 5.74) is 0.122. The molecule has 1 aromatic heterocycles. The highest BCUT2D eigenvalue weighted by Gasteiger charge is 2.25. The molecule has 0 radical (unpaired) electrons. The lowest BCUT2D eigenvalue weighted by molar-refractivity contribution is 0.0928. The zero-order valence-electron chi connectivity index (χ0n) is 10.7. The van der Waals surface area contributed by atoms with Crippen LogP contribution in [-0.2, 0) is 0 Å². The highest BCUT2D eigenvalue weighted by molar-refractivity contribution is 5.94. The van der Waals surface area contributed by atoms with Crippen LogP contribution in [0.5, 0.6) is 0 Å². The fourth-order valence-electron chi connectivity index (χ4n) is 2.50. The van der Waals surface area contributed by atoms with Crippen LogP contribution in [0.4, 0.5) is 0 Å². The second kappa shape index (κ2) is 6.19. The Hall–Kier alpha value is -2.09. The molecule has 0 bridgehead atoms. The van der Waals surface area contributed by atoms with E-state index in [0.29, 0.717) is 5.56 Å².